The lowest BCUT2D eigenvalue weighted by molar-refractivity contribution is 0.651. The number of benzene rings is 1. The number of rotatable bonds is 4. The maximum Gasteiger partial charge on any atom is 0.197 e. The van der Waals surface area contributed by atoms with Gasteiger partial charge >= 0.3 is 0 Å². The molecule has 7 nitrogen and oxygen atoms in total. The van der Waals surface area contributed by atoms with E-state index in [0.29, 0.717) is 5.58 Å². The fraction of sp³-hybridized carbons (Fsp3) is 0.105. The largest absolute Gasteiger partial charge is 0.451 e. The topological polar surface area (TPSA) is 82.5 Å². The smallest absolute Gasteiger partial charge is 0.197 e. The molecule has 8 heteroatoms. The lowest BCUT2D eigenvalue weighted by Gasteiger charge is -2.06. The van der Waals surface area contributed by atoms with Gasteiger partial charge in [-0.15, -0.1) is 10.2 Å². The monoisotopic (exact) mass is 374 g/mol. The molecule has 5 rings (SSSR count). The fourth-order valence-electron chi connectivity index (χ4n) is 3.03. The molecule has 132 valence electrons. The number of fused-ring (bicyclic) bond motifs is 3. The molecule has 4 heterocycles. The van der Waals surface area contributed by atoms with E-state index < -0.39 is 0 Å². The molecule has 5 aromatic rings. The molecule has 0 aliphatic rings. The van der Waals surface area contributed by atoms with E-state index in [4.69, 9.17) is 4.42 Å². The highest BCUT2D eigenvalue weighted by Crippen LogP contribution is 2.36. The van der Waals surface area contributed by atoms with Crippen LogP contribution in [0.3, 0.4) is 0 Å². The van der Waals surface area contributed by atoms with E-state index in [-0.39, 0.29) is 0 Å². The summed E-state index contributed by atoms with van der Waals surface area (Å²) in [7, 11) is 0. The Hall–Kier alpha value is -3.26. The van der Waals surface area contributed by atoms with Gasteiger partial charge < -0.3 is 8.98 Å². The molecule has 4 aromatic heterocycles. The molecule has 0 saturated carbocycles. The Morgan fingerprint density at radius 2 is 1.89 bits per heavy atom. The molecule has 0 saturated heterocycles. The second-order valence-corrected chi connectivity index (χ2v) is 6.80. The zero-order valence-electron chi connectivity index (χ0n) is 14.4. The predicted molar refractivity (Wildman–Crippen MR) is 102 cm³/mol. The normalized spacial score (nSPS) is 11.4. The van der Waals surface area contributed by atoms with E-state index in [1.54, 1.807) is 18.7 Å². The van der Waals surface area contributed by atoms with Crippen molar-refractivity contribution in [2.75, 3.05) is 0 Å². The first-order valence-corrected chi connectivity index (χ1v) is 9.30. The van der Waals surface area contributed by atoms with Crippen molar-refractivity contribution in [2.45, 2.75) is 23.7 Å². The Bertz CT molecular complexity index is 1250. The lowest BCUT2D eigenvalue weighted by atomic mass is 10.2. The summed E-state index contributed by atoms with van der Waals surface area (Å²) in [6.45, 7) is 2.80. The molecule has 0 radical (unpaired) electrons. The number of para-hydroxylation sites is 1. The van der Waals surface area contributed by atoms with Crippen LogP contribution >= 0.6 is 11.8 Å². The van der Waals surface area contributed by atoms with Gasteiger partial charge in [-0.1, -0.05) is 12.1 Å². The van der Waals surface area contributed by atoms with Crippen molar-refractivity contribution < 1.29 is 4.42 Å². The second-order valence-electron chi connectivity index (χ2n) is 5.84. The van der Waals surface area contributed by atoms with E-state index in [1.807, 2.05) is 36.4 Å². The Labute approximate surface area is 158 Å². The van der Waals surface area contributed by atoms with Crippen molar-refractivity contribution in [2.24, 2.45) is 0 Å². The zero-order chi connectivity index (χ0) is 18.2. The van der Waals surface area contributed by atoms with Crippen molar-refractivity contribution in [3.63, 3.8) is 0 Å². The molecule has 0 aliphatic heterocycles. The van der Waals surface area contributed by atoms with Gasteiger partial charge in [-0.25, -0.2) is 9.97 Å². The second kappa shape index (κ2) is 6.48. The summed E-state index contributed by atoms with van der Waals surface area (Å²) in [5.41, 5.74) is 3.24. The number of hydrogen-bond donors (Lipinski definition) is 0. The van der Waals surface area contributed by atoms with E-state index in [0.717, 1.165) is 44.6 Å². The molecule has 0 N–H and O–H groups in total. The summed E-state index contributed by atoms with van der Waals surface area (Å²) < 4.78 is 8.06. The highest BCUT2D eigenvalue weighted by molar-refractivity contribution is 7.99. The quantitative estimate of drug-likeness (QED) is 0.436. The first-order valence-electron chi connectivity index (χ1n) is 8.49. The zero-order valence-corrected chi connectivity index (χ0v) is 15.2. The summed E-state index contributed by atoms with van der Waals surface area (Å²) in [6, 6.07) is 11.7. The van der Waals surface area contributed by atoms with E-state index in [9.17, 15) is 0 Å². The van der Waals surface area contributed by atoms with Gasteiger partial charge in [-0.05, 0) is 43.0 Å². The molecule has 0 fully saturated rings. The molecule has 0 bridgehead atoms. The number of pyridine rings is 1. The minimum Gasteiger partial charge on any atom is -0.451 e. The van der Waals surface area contributed by atoms with Crippen LogP contribution in [0.2, 0.25) is 0 Å². The van der Waals surface area contributed by atoms with Gasteiger partial charge in [-0.3, -0.25) is 4.98 Å². The SMILES string of the molecule is CCn1c(Sc2ncnc3c2oc2ccccc23)nnc1-c1ccncc1. The summed E-state index contributed by atoms with van der Waals surface area (Å²) in [6.07, 6.45) is 5.06. The Balaban J connectivity index is 1.61. The number of hydrogen-bond acceptors (Lipinski definition) is 7. The third kappa shape index (κ3) is 2.65. The molecule has 0 atom stereocenters. The van der Waals surface area contributed by atoms with Crippen LogP contribution in [-0.2, 0) is 6.54 Å². The molecule has 0 amide bonds. The van der Waals surface area contributed by atoms with Crippen molar-refractivity contribution in [1.82, 2.24) is 29.7 Å². The Kier molecular flexibility index (Phi) is 3.83. The third-order valence-electron chi connectivity index (χ3n) is 4.28. The number of nitrogens with zero attached hydrogens (tertiary/aromatic N) is 6. The van der Waals surface area contributed by atoms with Crippen LogP contribution < -0.4 is 0 Å². The lowest BCUT2D eigenvalue weighted by Crippen LogP contribution is -2.00. The Morgan fingerprint density at radius 3 is 2.74 bits per heavy atom. The summed E-state index contributed by atoms with van der Waals surface area (Å²) in [5, 5.41) is 11.2. The first kappa shape index (κ1) is 16.0. The third-order valence-corrected chi connectivity index (χ3v) is 5.25. The van der Waals surface area contributed by atoms with Crippen molar-refractivity contribution >= 4 is 33.8 Å². The van der Waals surface area contributed by atoms with Gasteiger partial charge in [0.1, 0.15) is 17.4 Å². The van der Waals surface area contributed by atoms with E-state index >= 15 is 0 Å². The van der Waals surface area contributed by atoms with Crippen LogP contribution in [-0.4, -0.2) is 29.7 Å². The van der Waals surface area contributed by atoms with Crippen LogP contribution in [0.25, 0.3) is 33.5 Å². The molecule has 27 heavy (non-hydrogen) atoms. The van der Waals surface area contributed by atoms with Crippen LogP contribution in [0.15, 0.2) is 69.7 Å². The molecule has 0 unspecified atom stereocenters. The summed E-state index contributed by atoms with van der Waals surface area (Å²) in [5.74, 6) is 0.803. The van der Waals surface area contributed by atoms with E-state index in [2.05, 4.69) is 36.6 Å². The number of aromatic nitrogens is 6. The van der Waals surface area contributed by atoms with Crippen LogP contribution in [0.4, 0.5) is 0 Å². The Morgan fingerprint density at radius 1 is 1.04 bits per heavy atom. The molecule has 0 spiro atoms. The van der Waals surface area contributed by atoms with Gasteiger partial charge in [0, 0.05) is 29.9 Å². The van der Waals surface area contributed by atoms with Crippen LogP contribution in [0, 0.1) is 0 Å². The van der Waals surface area contributed by atoms with Gasteiger partial charge in [0.25, 0.3) is 0 Å². The standard InChI is InChI=1S/C19H14N6OS/c1-2-25-17(12-7-9-20-10-8-12)23-24-19(25)27-18-16-15(21-11-22-18)13-5-3-4-6-14(13)26-16/h3-11H,2H2,1H3. The van der Waals surface area contributed by atoms with Gasteiger partial charge in [-0.2, -0.15) is 0 Å². The highest BCUT2D eigenvalue weighted by Gasteiger charge is 2.18. The molecule has 0 aliphatic carbocycles. The van der Waals surface area contributed by atoms with Crippen molar-refractivity contribution in [3.8, 4) is 11.4 Å². The highest BCUT2D eigenvalue weighted by atomic mass is 32.2. The van der Waals surface area contributed by atoms with Gasteiger partial charge in [0.05, 0.1) is 0 Å². The molecular formula is C19H14N6OS. The average Bonchev–Trinajstić information content (AvgIpc) is 3.30. The summed E-state index contributed by atoms with van der Waals surface area (Å²) in [4.78, 5) is 12.9. The fourth-order valence-corrected chi connectivity index (χ4v) is 3.94. The summed E-state index contributed by atoms with van der Waals surface area (Å²) >= 11 is 1.43. The van der Waals surface area contributed by atoms with Crippen LogP contribution in [0.5, 0.6) is 0 Å². The predicted octanol–water partition coefficient (Wildman–Crippen LogP) is 4.20. The van der Waals surface area contributed by atoms with Gasteiger partial charge in [0.15, 0.2) is 21.6 Å². The molecule has 1 aromatic carbocycles. The van der Waals surface area contributed by atoms with Crippen LogP contribution in [0.1, 0.15) is 6.92 Å². The van der Waals surface area contributed by atoms with Crippen molar-refractivity contribution in [1.29, 1.82) is 0 Å². The maximum atomic E-state index is 6.01. The number of furan rings is 1. The first-order chi connectivity index (χ1) is 13.3. The maximum absolute atomic E-state index is 6.01. The molecular weight excluding hydrogens is 360 g/mol. The minimum absolute atomic E-state index is 0.666. The average molecular weight is 374 g/mol. The van der Waals surface area contributed by atoms with E-state index in [1.165, 1.54) is 11.8 Å². The van der Waals surface area contributed by atoms with Crippen molar-refractivity contribution in [3.05, 3.63) is 55.1 Å². The van der Waals surface area contributed by atoms with Gasteiger partial charge in [0.2, 0.25) is 0 Å². The minimum atomic E-state index is 0.666.